The molecule has 0 aliphatic rings. The Morgan fingerprint density at radius 3 is 0.905 bits per heavy atom. The predicted octanol–water partition coefficient (Wildman–Crippen LogP) is 18.5. The average Bonchev–Trinajstić information content (AvgIpc) is 3.27. The predicted molar refractivity (Wildman–Crippen MR) is 270 cm³/mol. The molecule has 0 fully saturated rings. The monoisotopic (exact) mass is 891 g/mol. The summed E-state index contributed by atoms with van der Waals surface area (Å²) in [7, 11) is 0. The van der Waals surface area contributed by atoms with Crippen LogP contribution in [0.5, 0.6) is 0 Å². The zero-order valence-electron chi connectivity index (χ0n) is 43.2. The number of unbranched alkanes of at least 4 members (excludes halogenated alkanes) is 35. The summed E-state index contributed by atoms with van der Waals surface area (Å²) in [6, 6.07) is 0. The van der Waals surface area contributed by atoms with E-state index in [-0.39, 0.29) is 31.1 Å². The van der Waals surface area contributed by atoms with E-state index in [9.17, 15) is 14.4 Å². The van der Waals surface area contributed by atoms with Gasteiger partial charge in [-0.2, -0.15) is 0 Å². The molecule has 2 atom stereocenters. The van der Waals surface area contributed by atoms with E-state index in [1.165, 1.54) is 205 Å². The molecule has 0 rings (SSSR count). The number of hydrogen-bond donors (Lipinski definition) is 0. The highest BCUT2D eigenvalue weighted by molar-refractivity contribution is 5.71. The van der Waals surface area contributed by atoms with Crippen LogP contribution in [0.15, 0.2) is 0 Å². The van der Waals surface area contributed by atoms with Crippen LogP contribution in [0.4, 0.5) is 0 Å². The lowest BCUT2D eigenvalue weighted by Gasteiger charge is -2.18. The molecule has 0 aliphatic heterocycles. The second-order valence-electron chi connectivity index (χ2n) is 20.3. The summed E-state index contributed by atoms with van der Waals surface area (Å²) >= 11 is 0. The third-order valence-electron chi connectivity index (χ3n) is 13.3. The molecular formula is C57H110O6. The van der Waals surface area contributed by atoms with Crippen molar-refractivity contribution in [3.8, 4) is 0 Å². The van der Waals surface area contributed by atoms with Crippen molar-refractivity contribution in [3.05, 3.63) is 0 Å². The van der Waals surface area contributed by atoms with E-state index >= 15 is 0 Å². The maximum Gasteiger partial charge on any atom is 0.306 e. The van der Waals surface area contributed by atoms with Crippen LogP contribution in [-0.4, -0.2) is 37.2 Å². The van der Waals surface area contributed by atoms with Crippen LogP contribution in [0.1, 0.15) is 317 Å². The maximum atomic E-state index is 12.8. The van der Waals surface area contributed by atoms with Crippen LogP contribution in [-0.2, 0) is 28.6 Å². The first-order chi connectivity index (χ1) is 30.8. The Balaban J connectivity index is 4.26. The molecule has 0 bridgehead atoms. The van der Waals surface area contributed by atoms with E-state index in [4.69, 9.17) is 14.2 Å². The molecule has 0 aliphatic carbocycles. The number of ether oxygens (including phenoxy) is 3. The van der Waals surface area contributed by atoms with Crippen molar-refractivity contribution >= 4 is 17.9 Å². The highest BCUT2D eigenvalue weighted by Gasteiger charge is 2.19. The van der Waals surface area contributed by atoms with E-state index < -0.39 is 6.10 Å². The molecule has 0 aromatic rings. The quantitative estimate of drug-likeness (QED) is 0.0344. The Bertz CT molecular complexity index is 964. The number of rotatable bonds is 51. The van der Waals surface area contributed by atoms with E-state index in [1.54, 1.807) is 0 Å². The largest absolute Gasteiger partial charge is 0.462 e. The van der Waals surface area contributed by atoms with Crippen molar-refractivity contribution < 1.29 is 28.6 Å². The first-order valence-corrected chi connectivity index (χ1v) is 28.3. The minimum absolute atomic E-state index is 0.0629. The standard InChI is InChI=1S/C57H110O6/c1-6-8-9-10-11-12-13-21-29-34-39-44-49-57(60)63-54(51-62-56(59)48-43-38-33-28-24-23-26-31-36-41-46-53(5)7-2)50-61-55(58)47-42-37-32-27-22-19-17-15-14-16-18-20-25-30-35-40-45-52(3)4/h52-54H,6-51H2,1-5H3/t53?,54-/m0/s1. The number of carbonyl (C=O) groups is 3. The minimum Gasteiger partial charge on any atom is -0.462 e. The SMILES string of the molecule is CCCCCCCCCCCCCCC(=O)O[C@@H](COC(=O)CCCCCCCCCCCCCCCCCCC(C)C)COC(=O)CCCCCCCCCCCCC(C)CC. The van der Waals surface area contributed by atoms with Gasteiger partial charge in [0.15, 0.2) is 6.10 Å². The molecule has 0 aromatic carbocycles. The smallest absolute Gasteiger partial charge is 0.306 e. The first-order valence-electron chi connectivity index (χ1n) is 28.3. The van der Waals surface area contributed by atoms with E-state index in [0.29, 0.717) is 19.3 Å². The second kappa shape index (κ2) is 49.8. The van der Waals surface area contributed by atoms with Gasteiger partial charge in [0.25, 0.3) is 0 Å². The molecule has 1 unspecified atom stereocenters. The molecule has 0 aromatic heterocycles. The van der Waals surface area contributed by atoms with Gasteiger partial charge >= 0.3 is 17.9 Å². The molecule has 374 valence electrons. The normalized spacial score (nSPS) is 12.5. The zero-order chi connectivity index (χ0) is 46.1. The topological polar surface area (TPSA) is 78.9 Å². The Kier molecular flexibility index (Phi) is 48.6. The van der Waals surface area contributed by atoms with Gasteiger partial charge in [-0.05, 0) is 31.1 Å². The van der Waals surface area contributed by atoms with Gasteiger partial charge in [-0.3, -0.25) is 14.4 Å². The molecule has 0 heterocycles. The number of esters is 3. The molecule has 63 heavy (non-hydrogen) atoms. The van der Waals surface area contributed by atoms with Crippen molar-refractivity contribution in [2.75, 3.05) is 13.2 Å². The first kappa shape index (κ1) is 61.4. The molecule has 0 amide bonds. The van der Waals surface area contributed by atoms with Crippen molar-refractivity contribution in [2.24, 2.45) is 11.8 Å². The van der Waals surface area contributed by atoms with E-state index in [0.717, 1.165) is 69.6 Å². The van der Waals surface area contributed by atoms with Crippen molar-refractivity contribution in [1.29, 1.82) is 0 Å². The third-order valence-corrected chi connectivity index (χ3v) is 13.3. The van der Waals surface area contributed by atoms with E-state index in [1.807, 2.05) is 0 Å². The highest BCUT2D eigenvalue weighted by Crippen LogP contribution is 2.18. The fourth-order valence-corrected chi connectivity index (χ4v) is 8.66. The van der Waals surface area contributed by atoms with Gasteiger partial charge < -0.3 is 14.2 Å². The Hall–Kier alpha value is -1.59. The van der Waals surface area contributed by atoms with Crippen LogP contribution in [0.25, 0.3) is 0 Å². The van der Waals surface area contributed by atoms with Gasteiger partial charge in [-0.25, -0.2) is 0 Å². The Labute approximate surface area is 393 Å². The van der Waals surface area contributed by atoms with Gasteiger partial charge in [0.05, 0.1) is 0 Å². The van der Waals surface area contributed by atoms with Gasteiger partial charge in [0.2, 0.25) is 0 Å². The lowest BCUT2D eigenvalue weighted by Crippen LogP contribution is -2.30. The molecule has 6 heteroatoms. The number of carbonyl (C=O) groups excluding carboxylic acids is 3. The van der Waals surface area contributed by atoms with Crippen LogP contribution >= 0.6 is 0 Å². The summed E-state index contributed by atoms with van der Waals surface area (Å²) in [5.41, 5.74) is 0. The van der Waals surface area contributed by atoms with Crippen molar-refractivity contribution in [3.63, 3.8) is 0 Å². The second-order valence-corrected chi connectivity index (χ2v) is 20.3. The lowest BCUT2D eigenvalue weighted by atomic mass is 9.99. The van der Waals surface area contributed by atoms with Crippen molar-refractivity contribution in [2.45, 2.75) is 323 Å². The van der Waals surface area contributed by atoms with Gasteiger partial charge in [0, 0.05) is 19.3 Å². The molecule has 0 N–H and O–H groups in total. The van der Waals surface area contributed by atoms with Gasteiger partial charge in [-0.15, -0.1) is 0 Å². The number of hydrogen-bond acceptors (Lipinski definition) is 6. The van der Waals surface area contributed by atoms with Crippen LogP contribution in [0.3, 0.4) is 0 Å². The highest BCUT2D eigenvalue weighted by atomic mass is 16.6. The van der Waals surface area contributed by atoms with Crippen LogP contribution in [0.2, 0.25) is 0 Å². The van der Waals surface area contributed by atoms with Crippen LogP contribution < -0.4 is 0 Å². The molecule has 6 nitrogen and oxygen atoms in total. The average molecular weight is 892 g/mol. The van der Waals surface area contributed by atoms with Gasteiger partial charge in [0.1, 0.15) is 13.2 Å². The zero-order valence-corrected chi connectivity index (χ0v) is 43.2. The Morgan fingerprint density at radius 1 is 0.333 bits per heavy atom. The summed E-state index contributed by atoms with van der Waals surface area (Å²) in [6.45, 7) is 11.4. The maximum absolute atomic E-state index is 12.8. The summed E-state index contributed by atoms with van der Waals surface area (Å²) < 4.78 is 16.9. The summed E-state index contributed by atoms with van der Waals surface area (Å²) in [4.78, 5) is 38.1. The molecular weight excluding hydrogens is 781 g/mol. The van der Waals surface area contributed by atoms with Crippen molar-refractivity contribution in [1.82, 2.24) is 0 Å². The summed E-state index contributed by atoms with van der Waals surface area (Å²) in [5.74, 6) is 0.881. The molecule has 0 spiro atoms. The Morgan fingerprint density at radius 2 is 0.603 bits per heavy atom. The fraction of sp³-hybridized carbons (Fsp3) is 0.947. The third kappa shape index (κ3) is 49.7. The molecule has 0 radical (unpaired) electrons. The molecule has 0 saturated heterocycles. The molecule has 0 saturated carbocycles. The lowest BCUT2D eigenvalue weighted by molar-refractivity contribution is -0.167. The minimum atomic E-state index is -0.762. The summed E-state index contributed by atoms with van der Waals surface area (Å²) in [5, 5.41) is 0. The fourth-order valence-electron chi connectivity index (χ4n) is 8.66. The summed E-state index contributed by atoms with van der Waals surface area (Å²) in [6.07, 6.45) is 52.3. The van der Waals surface area contributed by atoms with Crippen LogP contribution in [0, 0.1) is 11.8 Å². The van der Waals surface area contributed by atoms with Gasteiger partial charge in [-0.1, -0.05) is 279 Å². The van der Waals surface area contributed by atoms with E-state index in [2.05, 4.69) is 34.6 Å².